The second kappa shape index (κ2) is 4.09. The van der Waals surface area contributed by atoms with Crippen LogP contribution in [-0.4, -0.2) is 16.1 Å². The summed E-state index contributed by atoms with van der Waals surface area (Å²) in [6.07, 6.45) is 2.32. The number of rotatable bonds is 3. The Bertz CT molecular complexity index is 300. The summed E-state index contributed by atoms with van der Waals surface area (Å²) in [5.74, 6) is -1.08. The molecular weight excluding hydrogens is 198 g/mol. The first-order valence-electron chi connectivity index (χ1n) is 4.51. The monoisotopic (exact) mass is 213 g/mol. The van der Waals surface area contributed by atoms with E-state index in [9.17, 15) is 4.79 Å². The Morgan fingerprint density at radius 2 is 2.29 bits per heavy atom. The number of hydrogen-bond acceptors (Lipinski definition) is 3. The highest BCUT2D eigenvalue weighted by Gasteiger charge is 2.31. The van der Waals surface area contributed by atoms with E-state index in [0.29, 0.717) is 6.42 Å². The average molecular weight is 213 g/mol. The summed E-state index contributed by atoms with van der Waals surface area (Å²) in [6.45, 7) is 5.85. The molecule has 0 spiro atoms. The molecule has 1 atom stereocenters. The Morgan fingerprint density at radius 3 is 2.64 bits per heavy atom. The fourth-order valence-electron chi connectivity index (χ4n) is 1.31. The molecule has 4 heteroatoms. The quantitative estimate of drug-likeness (QED) is 0.839. The molecule has 0 aliphatic heterocycles. The van der Waals surface area contributed by atoms with Crippen LogP contribution >= 0.6 is 11.3 Å². The zero-order valence-electron chi connectivity index (χ0n) is 8.65. The lowest BCUT2D eigenvalue weighted by atomic mass is 9.78. The van der Waals surface area contributed by atoms with Crippen molar-refractivity contribution in [3.8, 4) is 0 Å². The lowest BCUT2D eigenvalue weighted by molar-refractivity contribution is -0.145. The van der Waals surface area contributed by atoms with Crippen molar-refractivity contribution in [3.63, 3.8) is 0 Å². The van der Waals surface area contributed by atoms with Crippen LogP contribution in [-0.2, 0) is 11.2 Å². The van der Waals surface area contributed by atoms with Gasteiger partial charge >= 0.3 is 5.97 Å². The standard InChI is InChI=1S/C10H15NO2S/c1-10(2,3)8(9(12)13)4-7-5-11-6-14-7/h5-6,8H,4H2,1-3H3,(H,12,13). The smallest absolute Gasteiger partial charge is 0.307 e. The fraction of sp³-hybridized carbons (Fsp3) is 0.600. The van der Waals surface area contributed by atoms with E-state index in [0.717, 1.165) is 4.88 Å². The highest BCUT2D eigenvalue weighted by molar-refractivity contribution is 7.09. The zero-order chi connectivity index (χ0) is 10.8. The minimum Gasteiger partial charge on any atom is -0.481 e. The first kappa shape index (κ1) is 11.2. The van der Waals surface area contributed by atoms with Crippen LogP contribution in [0.15, 0.2) is 11.7 Å². The predicted octanol–water partition coefficient (Wildman–Crippen LogP) is 2.43. The zero-order valence-corrected chi connectivity index (χ0v) is 9.47. The molecule has 0 aromatic carbocycles. The Labute approximate surface area is 87.8 Å². The maximum atomic E-state index is 11.1. The second-order valence-corrected chi connectivity index (χ2v) is 5.40. The molecule has 1 rings (SSSR count). The highest BCUT2D eigenvalue weighted by Crippen LogP contribution is 2.30. The third kappa shape index (κ3) is 2.80. The van der Waals surface area contributed by atoms with Gasteiger partial charge in [-0.3, -0.25) is 9.78 Å². The summed E-state index contributed by atoms with van der Waals surface area (Å²) < 4.78 is 0. The number of hydrogen-bond donors (Lipinski definition) is 1. The van der Waals surface area contributed by atoms with Crippen molar-refractivity contribution in [2.24, 2.45) is 11.3 Å². The van der Waals surface area contributed by atoms with Crippen LogP contribution in [0.2, 0.25) is 0 Å². The van der Waals surface area contributed by atoms with Gasteiger partial charge in [-0.25, -0.2) is 0 Å². The first-order chi connectivity index (χ1) is 6.41. The van der Waals surface area contributed by atoms with Gasteiger partial charge in [0.2, 0.25) is 0 Å². The summed E-state index contributed by atoms with van der Waals surface area (Å²) in [7, 11) is 0. The number of nitrogens with zero attached hydrogens (tertiary/aromatic N) is 1. The molecule has 0 aliphatic rings. The van der Waals surface area contributed by atoms with E-state index in [4.69, 9.17) is 5.11 Å². The normalized spacial score (nSPS) is 13.9. The van der Waals surface area contributed by atoms with Crippen LogP contribution in [0.4, 0.5) is 0 Å². The molecule has 0 radical (unpaired) electrons. The predicted molar refractivity (Wildman–Crippen MR) is 56.4 cm³/mol. The molecule has 0 saturated carbocycles. The molecule has 14 heavy (non-hydrogen) atoms. The topological polar surface area (TPSA) is 50.2 Å². The van der Waals surface area contributed by atoms with Gasteiger partial charge in [-0.2, -0.15) is 0 Å². The Morgan fingerprint density at radius 1 is 1.64 bits per heavy atom. The highest BCUT2D eigenvalue weighted by atomic mass is 32.1. The molecule has 1 N–H and O–H groups in total. The first-order valence-corrected chi connectivity index (χ1v) is 5.39. The van der Waals surface area contributed by atoms with Crippen molar-refractivity contribution in [3.05, 3.63) is 16.6 Å². The number of aliphatic carboxylic acids is 1. The summed E-state index contributed by atoms with van der Waals surface area (Å²) >= 11 is 1.51. The van der Waals surface area contributed by atoms with Crippen molar-refractivity contribution in [1.29, 1.82) is 0 Å². The van der Waals surface area contributed by atoms with Crippen molar-refractivity contribution in [1.82, 2.24) is 4.98 Å². The van der Waals surface area contributed by atoms with Gasteiger partial charge in [0.15, 0.2) is 0 Å². The van der Waals surface area contributed by atoms with Gasteiger partial charge in [-0.15, -0.1) is 11.3 Å². The van der Waals surface area contributed by atoms with Gasteiger partial charge in [-0.1, -0.05) is 20.8 Å². The van der Waals surface area contributed by atoms with E-state index in [1.165, 1.54) is 11.3 Å². The van der Waals surface area contributed by atoms with Crippen LogP contribution in [0.25, 0.3) is 0 Å². The van der Waals surface area contributed by atoms with E-state index in [2.05, 4.69) is 4.98 Å². The molecule has 1 aromatic rings. The molecule has 3 nitrogen and oxygen atoms in total. The lowest BCUT2D eigenvalue weighted by Crippen LogP contribution is -2.30. The summed E-state index contributed by atoms with van der Waals surface area (Å²) in [4.78, 5) is 16.0. The van der Waals surface area contributed by atoms with Gasteiger partial charge in [0.05, 0.1) is 11.4 Å². The number of carboxylic acid groups (broad SMARTS) is 1. The Kier molecular flexibility index (Phi) is 3.26. The van der Waals surface area contributed by atoms with Crippen LogP contribution in [0.5, 0.6) is 0 Å². The van der Waals surface area contributed by atoms with Crippen molar-refractivity contribution < 1.29 is 9.90 Å². The molecule has 78 valence electrons. The lowest BCUT2D eigenvalue weighted by Gasteiger charge is -2.26. The van der Waals surface area contributed by atoms with Crippen molar-refractivity contribution in [2.75, 3.05) is 0 Å². The van der Waals surface area contributed by atoms with Gasteiger partial charge in [0, 0.05) is 11.1 Å². The SMILES string of the molecule is CC(C)(C)C(Cc1cncs1)C(=O)O. The third-order valence-corrected chi connectivity index (χ3v) is 3.03. The maximum absolute atomic E-state index is 11.1. The van der Waals surface area contributed by atoms with E-state index < -0.39 is 5.97 Å². The van der Waals surface area contributed by atoms with Gasteiger partial charge < -0.3 is 5.11 Å². The van der Waals surface area contributed by atoms with Crippen LogP contribution in [0.1, 0.15) is 25.6 Å². The molecule has 1 heterocycles. The number of aromatic nitrogens is 1. The minimum atomic E-state index is -0.731. The minimum absolute atomic E-state index is 0.212. The van der Waals surface area contributed by atoms with Crippen LogP contribution < -0.4 is 0 Å². The summed E-state index contributed by atoms with van der Waals surface area (Å²) in [6, 6.07) is 0. The molecule has 0 aliphatic carbocycles. The molecule has 0 saturated heterocycles. The maximum Gasteiger partial charge on any atom is 0.307 e. The molecule has 0 bridgehead atoms. The Balaban J connectivity index is 2.76. The molecule has 0 amide bonds. The molecule has 1 aromatic heterocycles. The van der Waals surface area contributed by atoms with Gasteiger partial charge in [0.1, 0.15) is 0 Å². The third-order valence-electron chi connectivity index (χ3n) is 2.23. The summed E-state index contributed by atoms with van der Waals surface area (Å²) in [5.41, 5.74) is 1.52. The van der Waals surface area contributed by atoms with E-state index in [1.54, 1.807) is 11.7 Å². The van der Waals surface area contributed by atoms with Gasteiger partial charge in [0.25, 0.3) is 0 Å². The molecule has 1 unspecified atom stereocenters. The number of carboxylic acids is 1. The van der Waals surface area contributed by atoms with E-state index in [1.807, 2.05) is 20.8 Å². The van der Waals surface area contributed by atoms with Crippen LogP contribution in [0.3, 0.4) is 0 Å². The van der Waals surface area contributed by atoms with Crippen LogP contribution in [0, 0.1) is 11.3 Å². The fourth-order valence-corrected chi connectivity index (χ4v) is 1.95. The molecular formula is C10H15NO2S. The van der Waals surface area contributed by atoms with Crippen molar-refractivity contribution >= 4 is 17.3 Å². The van der Waals surface area contributed by atoms with Gasteiger partial charge in [-0.05, 0) is 11.8 Å². The number of thiazole rings is 1. The second-order valence-electron chi connectivity index (χ2n) is 4.43. The van der Waals surface area contributed by atoms with E-state index >= 15 is 0 Å². The molecule has 0 fully saturated rings. The largest absolute Gasteiger partial charge is 0.481 e. The van der Waals surface area contributed by atoms with Crippen molar-refractivity contribution in [2.45, 2.75) is 27.2 Å². The van der Waals surface area contributed by atoms with E-state index in [-0.39, 0.29) is 11.3 Å². The Hall–Kier alpha value is -0.900. The summed E-state index contributed by atoms with van der Waals surface area (Å²) in [5, 5.41) is 9.09. The average Bonchev–Trinajstić information content (AvgIpc) is 2.48. The number of carbonyl (C=O) groups is 1.